The lowest BCUT2D eigenvalue weighted by atomic mass is 9.83. The SMILES string of the molecule is CC(C)(C)c1ccc2c(c1)-c1cc(C(C)(C)C)ccc1C2C1CCC(C2=CC=CC2)[SiH2]1. The van der Waals surface area contributed by atoms with Crippen molar-refractivity contribution in [3.05, 3.63) is 82.5 Å². The van der Waals surface area contributed by atoms with Crippen molar-refractivity contribution in [3.63, 3.8) is 0 Å². The van der Waals surface area contributed by atoms with E-state index in [4.69, 9.17) is 0 Å². The molecule has 0 N–H and O–H groups in total. The van der Waals surface area contributed by atoms with Gasteiger partial charge in [0.25, 0.3) is 0 Å². The van der Waals surface area contributed by atoms with Crippen LogP contribution in [0.5, 0.6) is 0 Å². The van der Waals surface area contributed by atoms with Crippen LogP contribution in [0, 0.1) is 0 Å². The summed E-state index contributed by atoms with van der Waals surface area (Å²) in [5.74, 6) is 0.625. The van der Waals surface area contributed by atoms with Crippen LogP contribution < -0.4 is 0 Å². The minimum atomic E-state index is -0.149. The molecule has 2 unspecified atom stereocenters. The lowest BCUT2D eigenvalue weighted by Crippen LogP contribution is -2.13. The molecule has 1 heteroatoms. The molecule has 0 amide bonds. The van der Waals surface area contributed by atoms with Crippen LogP contribution in [0.4, 0.5) is 0 Å². The first-order valence-corrected chi connectivity index (χ1v) is 13.9. The van der Waals surface area contributed by atoms with Gasteiger partial charge in [0.1, 0.15) is 0 Å². The lowest BCUT2D eigenvalue weighted by Gasteiger charge is -2.24. The fourth-order valence-electron chi connectivity index (χ4n) is 6.15. The number of rotatable bonds is 2. The summed E-state index contributed by atoms with van der Waals surface area (Å²) < 4.78 is 0. The Labute approximate surface area is 191 Å². The van der Waals surface area contributed by atoms with Crippen LogP contribution in [0.25, 0.3) is 11.1 Å². The van der Waals surface area contributed by atoms with Crippen molar-refractivity contribution in [1.29, 1.82) is 0 Å². The molecular weight excluding hydrogens is 388 g/mol. The van der Waals surface area contributed by atoms with E-state index >= 15 is 0 Å². The Kier molecular flexibility index (Phi) is 4.97. The van der Waals surface area contributed by atoms with E-state index in [0.717, 1.165) is 11.1 Å². The van der Waals surface area contributed by atoms with Crippen molar-refractivity contribution >= 4 is 9.52 Å². The van der Waals surface area contributed by atoms with Crippen LogP contribution in [0.15, 0.2) is 60.2 Å². The highest BCUT2D eigenvalue weighted by Crippen LogP contribution is 2.56. The highest BCUT2D eigenvalue weighted by molar-refractivity contribution is 6.42. The zero-order valence-corrected chi connectivity index (χ0v) is 21.7. The van der Waals surface area contributed by atoms with Crippen LogP contribution in [-0.2, 0) is 10.8 Å². The van der Waals surface area contributed by atoms with Crippen LogP contribution in [-0.4, -0.2) is 9.52 Å². The van der Waals surface area contributed by atoms with Crippen LogP contribution >= 0.6 is 0 Å². The predicted molar refractivity (Wildman–Crippen MR) is 138 cm³/mol. The smallest absolute Gasteiger partial charge is 0.0327 e. The first-order valence-electron chi connectivity index (χ1n) is 12.3. The van der Waals surface area contributed by atoms with Gasteiger partial charge in [-0.2, -0.15) is 0 Å². The molecule has 2 aliphatic carbocycles. The number of hydrogen-bond acceptors (Lipinski definition) is 0. The molecule has 31 heavy (non-hydrogen) atoms. The second-order valence-corrected chi connectivity index (χ2v) is 14.7. The normalized spacial score (nSPS) is 24.0. The molecule has 1 fully saturated rings. The molecule has 0 bridgehead atoms. The van der Waals surface area contributed by atoms with Gasteiger partial charge in [-0.05, 0) is 68.1 Å². The third-order valence-electron chi connectivity index (χ3n) is 8.07. The first kappa shape index (κ1) is 21.0. The van der Waals surface area contributed by atoms with Gasteiger partial charge in [0.15, 0.2) is 0 Å². The Morgan fingerprint density at radius 1 is 0.774 bits per heavy atom. The third kappa shape index (κ3) is 3.69. The van der Waals surface area contributed by atoms with E-state index in [2.05, 4.69) is 96.2 Å². The van der Waals surface area contributed by atoms with Crippen LogP contribution in [0.2, 0.25) is 11.1 Å². The predicted octanol–water partition coefficient (Wildman–Crippen LogP) is 7.82. The second kappa shape index (κ2) is 7.34. The highest BCUT2D eigenvalue weighted by Gasteiger charge is 2.40. The van der Waals surface area contributed by atoms with Gasteiger partial charge in [-0.25, -0.2) is 0 Å². The zero-order chi connectivity index (χ0) is 22.0. The van der Waals surface area contributed by atoms with Crippen molar-refractivity contribution in [2.24, 2.45) is 0 Å². The number of benzene rings is 2. The van der Waals surface area contributed by atoms with Crippen LogP contribution in [0.3, 0.4) is 0 Å². The van der Waals surface area contributed by atoms with Gasteiger partial charge in [0, 0.05) is 15.4 Å². The van der Waals surface area contributed by atoms with Gasteiger partial charge >= 0.3 is 0 Å². The number of hydrogen-bond donors (Lipinski definition) is 0. The molecule has 0 radical (unpaired) electrons. The molecule has 0 nitrogen and oxygen atoms in total. The van der Waals surface area contributed by atoms with Crippen molar-refractivity contribution in [2.45, 2.75) is 88.6 Å². The second-order valence-electron chi connectivity index (χ2n) is 12.2. The lowest BCUT2D eigenvalue weighted by molar-refractivity contribution is 0.589. The van der Waals surface area contributed by atoms with Gasteiger partial charge < -0.3 is 0 Å². The van der Waals surface area contributed by atoms with Gasteiger partial charge in [-0.15, -0.1) is 0 Å². The van der Waals surface area contributed by atoms with E-state index in [1.807, 2.05) is 0 Å². The summed E-state index contributed by atoms with van der Waals surface area (Å²) >= 11 is 0. The van der Waals surface area contributed by atoms with Crippen molar-refractivity contribution in [1.82, 2.24) is 0 Å². The van der Waals surface area contributed by atoms with Gasteiger partial charge in [0.05, 0.1) is 0 Å². The fourth-order valence-corrected chi connectivity index (χ4v) is 9.21. The monoisotopic (exact) mass is 426 g/mol. The third-order valence-corrected chi connectivity index (χ3v) is 11.1. The zero-order valence-electron chi connectivity index (χ0n) is 20.3. The summed E-state index contributed by atoms with van der Waals surface area (Å²) in [5, 5.41) is 0. The van der Waals surface area contributed by atoms with E-state index < -0.39 is 0 Å². The Bertz CT molecular complexity index is 1010. The van der Waals surface area contributed by atoms with Gasteiger partial charge in [-0.3, -0.25) is 0 Å². The van der Waals surface area contributed by atoms with E-state index in [1.54, 1.807) is 16.7 Å². The molecule has 1 saturated heterocycles. The quantitative estimate of drug-likeness (QED) is 0.429. The summed E-state index contributed by atoms with van der Waals surface area (Å²) in [7, 11) is -0.149. The van der Waals surface area contributed by atoms with E-state index in [0.29, 0.717) is 5.92 Å². The molecule has 2 aromatic rings. The molecule has 1 heterocycles. The summed E-state index contributed by atoms with van der Waals surface area (Å²) in [6.07, 6.45) is 11.1. The Balaban J connectivity index is 1.58. The summed E-state index contributed by atoms with van der Waals surface area (Å²) in [5.41, 5.74) is 13.1. The summed E-state index contributed by atoms with van der Waals surface area (Å²) in [6.45, 7) is 14.0. The first-order chi connectivity index (χ1) is 14.6. The van der Waals surface area contributed by atoms with E-state index in [-0.39, 0.29) is 20.3 Å². The number of fused-ring (bicyclic) bond motifs is 3. The maximum atomic E-state index is 2.53. The molecule has 0 aromatic heterocycles. The van der Waals surface area contributed by atoms with Gasteiger partial charge in [0.2, 0.25) is 0 Å². The topological polar surface area (TPSA) is 0 Å². The van der Waals surface area contributed by atoms with E-state index in [1.165, 1.54) is 41.5 Å². The molecule has 2 atom stereocenters. The highest BCUT2D eigenvalue weighted by atomic mass is 28.2. The largest absolute Gasteiger partial charge is 0.0805 e. The maximum absolute atomic E-state index is 2.53. The van der Waals surface area contributed by atoms with Gasteiger partial charge in [-0.1, -0.05) is 108 Å². The minimum absolute atomic E-state index is 0.149. The molecule has 0 saturated carbocycles. The van der Waals surface area contributed by atoms with E-state index in [9.17, 15) is 0 Å². The van der Waals surface area contributed by atoms with Crippen molar-refractivity contribution < 1.29 is 0 Å². The molecule has 2 aromatic carbocycles. The molecular formula is C30H38Si. The average molecular weight is 427 g/mol. The standard InChI is InChI=1S/C30H38Si/c1-29(2,3)20-11-13-22-24(17-20)25-18-21(30(4,5)6)12-14-23(25)28(22)27-16-15-26(31-27)19-9-7-8-10-19/h7-9,11-14,17-18,26-28H,10,15-16,31H2,1-6H3. The maximum Gasteiger partial charge on any atom is 0.0327 e. The minimum Gasteiger partial charge on any atom is -0.0805 e. The number of allylic oxidation sites excluding steroid dienone is 4. The molecule has 0 spiro atoms. The Morgan fingerprint density at radius 3 is 1.84 bits per heavy atom. The molecule has 162 valence electrons. The Hall–Kier alpha value is -1.86. The molecule has 5 rings (SSSR count). The molecule has 1 aliphatic heterocycles. The Morgan fingerprint density at radius 2 is 1.35 bits per heavy atom. The van der Waals surface area contributed by atoms with Crippen molar-refractivity contribution in [3.8, 4) is 11.1 Å². The average Bonchev–Trinajstić information content (AvgIpc) is 3.43. The summed E-state index contributed by atoms with van der Waals surface area (Å²) in [4.78, 5) is 0. The van der Waals surface area contributed by atoms with Crippen LogP contribution in [0.1, 0.15) is 89.0 Å². The fraction of sp³-hybridized carbons (Fsp3) is 0.467. The molecule has 3 aliphatic rings. The van der Waals surface area contributed by atoms with Crippen molar-refractivity contribution in [2.75, 3.05) is 0 Å². The summed E-state index contributed by atoms with van der Waals surface area (Å²) in [6, 6.07) is 14.9.